The highest BCUT2D eigenvalue weighted by Gasteiger charge is 2.36. The number of benzene rings is 1. The summed E-state index contributed by atoms with van der Waals surface area (Å²) in [6.45, 7) is 1.17. The standard InChI is InChI=1S/C20H22Cl2N4O5S2/c1-24-14-23-13-16(24)12-19(18-6-11-32-20(18)26(27)28)33(29,30)31-17-4-2-15(3-5-17)25(9-7-21)10-8-22/h2-6,11,13-14,19H,7-10,12H2,1H3. The number of hydrogen-bond acceptors (Lipinski definition) is 8. The lowest BCUT2D eigenvalue weighted by Gasteiger charge is -2.23. The molecule has 0 fully saturated rings. The molecule has 0 radical (unpaired) electrons. The number of nitro groups is 1. The largest absolute Gasteiger partial charge is 0.382 e. The van der Waals surface area contributed by atoms with E-state index in [4.69, 9.17) is 27.4 Å². The Morgan fingerprint density at radius 2 is 1.88 bits per heavy atom. The molecule has 1 aromatic carbocycles. The Hall–Kier alpha value is -2.34. The van der Waals surface area contributed by atoms with Crippen LogP contribution in [0.1, 0.15) is 16.5 Å². The SMILES string of the molecule is Cn1cncc1CC(c1ccsc1[N+](=O)[O-])S(=O)(=O)Oc1ccc(N(CCCl)CCCl)cc1. The first-order chi connectivity index (χ1) is 15.8. The van der Waals surface area contributed by atoms with Gasteiger partial charge in [0.05, 0.1) is 16.8 Å². The fourth-order valence-electron chi connectivity index (χ4n) is 3.32. The Balaban J connectivity index is 1.91. The van der Waals surface area contributed by atoms with E-state index in [0.29, 0.717) is 30.5 Å². The third-order valence-electron chi connectivity index (χ3n) is 4.97. The van der Waals surface area contributed by atoms with Crippen molar-refractivity contribution in [2.45, 2.75) is 11.7 Å². The van der Waals surface area contributed by atoms with E-state index >= 15 is 0 Å². The van der Waals surface area contributed by atoms with Gasteiger partial charge in [-0.25, -0.2) is 4.98 Å². The number of aryl methyl sites for hydroxylation is 1. The topological polar surface area (TPSA) is 108 Å². The highest BCUT2D eigenvalue weighted by molar-refractivity contribution is 7.87. The van der Waals surface area contributed by atoms with E-state index in [1.165, 1.54) is 36.1 Å². The number of alkyl halides is 2. The molecule has 0 aliphatic carbocycles. The number of rotatable bonds is 12. The Labute approximate surface area is 205 Å². The second-order valence-electron chi connectivity index (χ2n) is 7.06. The lowest BCUT2D eigenvalue weighted by atomic mass is 10.1. The van der Waals surface area contributed by atoms with Gasteiger partial charge in [0.15, 0.2) is 0 Å². The quantitative estimate of drug-likeness (QED) is 0.147. The average Bonchev–Trinajstić information content (AvgIpc) is 3.41. The van der Waals surface area contributed by atoms with Crippen LogP contribution in [0.4, 0.5) is 10.7 Å². The van der Waals surface area contributed by atoms with Crippen molar-refractivity contribution >= 4 is 55.3 Å². The van der Waals surface area contributed by atoms with Crippen molar-refractivity contribution in [2.75, 3.05) is 29.7 Å². The molecule has 0 amide bonds. The van der Waals surface area contributed by atoms with Crippen LogP contribution in [0.5, 0.6) is 5.75 Å². The molecular weight excluding hydrogens is 511 g/mol. The zero-order chi connectivity index (χ0) is 24.0. The fraction of sp³-hybridized carbons (Fsp3) is 0.350. The smallest absolute Gasteiger partial charge is 0.328 e. The highest BCUT2D eigenvalue weighted by atomic mass is 35.5. The van der Waals surface area contributed by atoms with E-state index in [0.717, 1.165) is 17.0 Å². The summed E-state index contributed by atoms with van der Waals surface area (Å²) in [7, 11) is -2.57. The highest BCUT2D eigenvalue weighted by Crippen LogP contribution is 2.38. The van der Waals surface area contributed by atoms with Gasteiger partial charge in [0.25, 0.3) is 0 Å². The Morgan fingerprint density at radius 3 is 2.42 bits per heavy atom. The molecule has 2 heterocycles. The van der Waals surface area contributed by atoms with Gasteiger partial charge >= 0.3 is 15.1 Å². The molecule has 0 aliphatic heterocycles. The first-order valence-electron chi connectivity index (χ1n) is 9.84. The summed E-state index contributed by atoms with van der Waals surface area (Å²) in [5, 5.41) is 11.5. The first-order valence-corrected chi connectivity index (χ1v) is 13.3. The summed E-state index contributed by atoms with van der Waals surface area (Å²) in [4.78, 5) is 16.9. The summed E-state index contributed by atoms with van der Waals surface area (Å²) in [6, 6.07) is 7.95. The van der Waals surface area contributed by atoms with Crippen molar-refractivity contribution in [3.8, 4) is 5.75 Å². The third kappa shape index (κ3) is 6.17. The lowest BCUT2D eigenvalue weighted by molar-refractivity contribution is -0.380. The van der Waals surface area contributed by atoms with E-state index in [2.05, 4.69) is 4.98 Å². The maximum absolute atomic E-state index is 13.3. The molecule has 33 heavy (non-hydrogen) atoms. The van der Waals surface area contributed by atoms with Crippen LogP contribution >= 0.6 is 34.5 Å². The molecule has 0 aliphatic rings. The van der Waals surface area contributed by atoms with Gasteiger partial charge in [0.2, 0.25) is 0 Å². The van der Waals surface area contributed by atoms with Gasteiger partial charge in [-0.2, -0.15) is 8.42 Å². The predicted octanol–water partition coefficient (Wildman–Crippen LogP) is 4.37. The molecule has 3 rings (SSSR count). The van der Waals surface area contributed by atoms with Crippen molar-refractivity contribution in [3.63, 3.8) is 0 Å². The third-order valence-corrected chi connectivity index (χ3v) is 7.73. The van der Waals surface area contributed by atoms with Crippen LogP contribution in [0.3, 0.4) is 0 Å². The number of halogens is 2. The second kappa shape index (κ2) is 11.2. The van der Waals surface area contributed by atoms with Crippen LogP contribution in [-0.4, -0.2) is 47.7 Å². The van der Waals surface area contributed by atoms with Gasteiger partial charge in [-0.15, -0.1) is 23.2 Å². The summed E-state index contributed by atoms with van der Waals surface area (Å²) < 4.78 is 33.7. The summed E-state index contributed by atoms with van der Waals surface area (Å²) >= 11 is 12.6. The van der Waals surface area contributed by atoms with E-state index in [-0.39, 0.29) is 22.7 Å². The normalized spacial score (nSPS) is 12.5. The molecule has 9 nitrogen and oxygen atoms in total. The van der Waals surface area contributed by atoms with Crippen molar-refractivity contribution < 1.29 is 17.5 Å². The number of imidazole rings is 1. The number of nitrogens with zero attached hydrogens (tertiary/aromatic N) is 4. The predicted molar refractivity (Wildman–Crippen MR) is 130 cm³/mol. The Morgan fingerprint density at radius 1 is 1.21 bits per heavy atom. The number of hydrogen-bond donors (Lipinski definition) is 0. The Bertz CT molecular complexity index is 1180. The molecule has 0 N–H and O–H groups in total. The van der Waals surface area contributed by atoms with Gasteiger partial charge in [-0.05, 0) is 35.7 Å². The van der Waals surface area contributed by atoms with Gasteiger partial charge < -0.3 is 13.7 Å². The molecule has 0 saturated carbocycles. The Kier molecular flexibility index (Phi) is 8.57. The molecule has 0 bridgehead atoms. The number of aromatic nitrogens is 2. The van der Waals surface area contributed by atoms with Gasteiger partial charge in [0, 0.05) is 55.9 Å². The molecule has 13 heteroatoms. The van der Waals surface area contributed by atoms with Gasteiger partial charge in [-0.3, -0.25) is 10.1 Å². The van der Waals surface area contributed by atoms with E-state index in [1.807, 2.05) is 4.90 Å². The number of anilines is 1. The average molecular weight is 533 g/mol. The second-order valence-corrected chi connectivity index (χ2v) is 10.4. The van der Waals surface area contributed by atoms with Crippen molar-refractivity contribution in [1.29, 1.82) is 0 Å². The molecular formula is C20H22Cl2N4O5S2. The van der Waals surface area contributed by atoms with E-state index < -0.39 is 20.3 Å². The first kappa shape index (κ1) is 25.3. The minimum atomic E-state index is -4.30. The van der Waals surface area contributed by atoms with Gasteiger partial charge in [-0.1, -0.05) is 11.3 Å². The summed E-state index contributed by atoms with van der Waals surface area (Å²) in [5.41, 5.74) is 1.50. The summed E-state index contributed by atoms with van der Waals surface area (Å²) in [5.74, 6) is 0.931. The van der Waals surface area contributed by atoms with Crippen LogP contribution in [0.2, 0.25) is 0 Å². The fourth-order valence-corrected chi connectivity index (χ4v) is 5.95. The minimum Gasteiger partial charge on any atom is -0.382 e. The lowest BCUT2D eigenvalue weighted by Crippen LogP contribution is -2.27. The van der Waals surface area contributed by atoms with Crippen LogP contribution in [0.15, 0.2) is 48.2 Å². The maximum Gasteiger partial charge on any atom is 0.328 e. The van der Waals surface area contributed by atoms with Crippen LogP contribution in [0.25, 0.3) is 0 Å². The molecule has 0 saturated heterocycles. The molecule has 1 unspecified atom stereocenters. The van der Waals surface area contributed by atoms with Crippen molar-refractivity contribution in [3.05, 3.63) is 69.6 Å². The van der Waals surface area contributed by atoms with Crippen LogP contribution < -0.4 is 9.08 Å². The van der Waals surface area contributed by atoms with Crippen LogP contribution in [0, 0.1) is 10.1 Å². The number of thiophene rings is 1. The van der Waals surface area contributed by atoms with E-state index in [9.17, 15) is 18.5 Å². The summed E-state index contributed by atoms with van der Waals surface area (Å²) in [6.07, 6.45) is 3.03. The molecule has 0 spiro atoms. The van der Waals surface area contributed by atoms with Crippen molar-refractivity contribution in [2.24, 2.45) is 7.05 Å². The minimum absolute atomic E-state index is 0.0340. The zero-order valence-electron chi connectivity index (χ0n) is 17.6. The monoisotopic (exact) mass is 532 g/mol. The maximum atomic E-state index is 13.3. The molecule has 3 aromatic rings. The molecule has 2 aromatic heterocycles. The molecule has 178 valence electrons. The van der Waals surface area contributed by atoms with E-state index in [1.54, 1.807) is 23.7 Å². The molecule has 1 atom stereocenters. The van der Waals surface area contributed by atoms with Crippen LogP contribution in [-0.2, 0) is 23.6 Å². The van der Waals surface area contributed by atoms with Gasteiger partial charge in [0.1, 0.15) is 11.0 Å². The zero-order valence-corrected chi connectivity index (χ0v) is 20.8. The van der Waals surface area contributed by atoms with Crippen molar-refractivity contribution in [1.82, 2.24) is 9.55 Å².